The highest BCUT2D eigenvalue weighted by Gasteiger charge is 2.25. The van der Waals surface area contributed by atoms with Crippen LogP contribution in [0.25, 0.3) is 10.2 Å². The number of fused-ring (bicyclic) bond motifs is 3. The van der Waals surface area contributed by atoms with Crippen LogP contribution in [-0.2, 0) is 17.8 Å². The molecule has 29 heavy (non-hydrogen) atoms. The summed E-state index contributed by atoms with van der Waals surface area (Å²) in [6, 6.07) is 10.5. The second-order valence-electron chi connectivity index (χ2n) is 7.15. The number of hydrogen-bond acceptors (Lipinski definition) is 6. The Morgan fingerprint density at radius 2 is 2.14 bits per heavy atom. The molecule has 6 nitrogen and oxygen atoms in total. The van der Waals surface area contributed by atoms with Gasteiger partial charge < -0.3 is 15.5 Å². The van der Waals surface area contributed by atoms with Gasteiger partial charge in [0.15, 0.2) is 0 Å². The monoisotopic (exact) mass is 407 g/mol. The van der Waals surface area contributed by atoms with Crippen molar-refractivity contribution in [1.82, 2.24) is 20.2 Å². The standard InChI is InChI=1S/C22H25N5OS/c1-15(16-7-4-3-5-8-16)26-21-20-17-10-12-27(19(28)9-6-11-23-2)13-18(17)29-22(20)25-14-24-21/h3-9,14-15,23H,10-13H2,1-2H3,(H,24,25,26)/t15-/m1/s1. The van der Waals surface area contributed by atoms with E-state index < -0.39 is 0 Å². The minimum Gasteiger partial charge on any atom is -0.363 e. The van der Waals surface area contributed by atoms with Gasteiger partial charge in [0.1, 0.15) is 17.0 Å². The molecule has 0 saturated carbocycles. The predicted molar refractivity (Wildman–Crippen MR) is 118 cm³/mol. The molecule has 1 amide bonds. The highest BCUT2D eigenvalue weighted by atomic mass is 32.1. The maximum absolute atomic E-state index is 12.4. The zero-order chi connectivity index (χ0) is 20.2. The molecule has 150 valence electrons. The second kappa shape index (κ2) is 8.71. The van der Waals surface area contributed by atoms with E-state index in [0.29, 0.717) is 19.6 Å². The fourth-order valence-electron chi connectivity index (χ4n) is 3.64. The number of rotatable bonds is 6. The zero-order valence-electron chi connectivity index (χ0n) is 16.7. The summed E-state index contributed by atoms with van der Waals surface area (Å²) in [5.41, 5.74) is 2.49. The SMILES string of the molecule is CNCC=CC(=O)N1CCc2c(sc3ncnc(N[C@H](C)c4ccccc4)c23)C1. The Labute approximate surface area is 174 Å². The van der Waals surface area contributed by atoms with Gasteiger partial charge >= 0.3 is 0 Å². The molecule has 0 spiro atoms. The van der Waals surface area contributed by atoms with Crippen LogP contribution in [0.4, 0.5) is 5.82 Å². The lowest BCUT2D eigenvalue weighted by Gasteiger charge is -2.26. The Hall–Kier alpha value is -2.77. The summed E-state index contributed by atoms with van der Waals surface area (Å²) in [5.74, 6) is 0.933. The number of nitrogens with zero attached hydrogens (tertiary/aromatic N) is 3. The fourth-order valence-corrected chi connectivity index (χ4v) is 4.84. The maximum atomic E-state index is 12.4. The molecule has 1 atom stereocenters. The van der Waals surface area contributed by atoms with Gasteiger partial charge in [0.05, 0.1) is 11.9 Å². The van der Waals surface area contributed by atoms with Gasteiger partial charge in [-0.15, -0.1) is 11.3 Å². The van der Waals surface area contributed by atoms with Crippen molar-refractivity contribution < 1.29 is 4.79 Å². The lowest BCUT2D eigenvalue weighted by atomic mass is 10.0. The third-order valence-electron chi connectivity index (χ3n) is 5.18. The number of likely N-dealkylation sites (N-methyl/N-ethyl adjacent to an activating group) is 1. The van der Waals surface area contributed by atoms with Crippen LogP contribution in [0, 0.1) is 0 Å². The normalized spacial score (nSPS) is 14.9. The third-order valence-corrected chi connectivity index (χ3v) is 6.31. The maximum Gasteiger partial charge on any atom is 0.246 e. The summed E-state index contributed by atoms with van der Waals surface area (Å²) in [7, 11) is 1.87. The van der Waals surface area contributed by atoms with Crippen LogP contribution in [0.2, 0.25) is 0 Å². The summed E-state index contributed by atoms with van der Waals surface area (Å²) in [6.45, 7) is 4.18. The van der Waals surface area contributed by atoms with E-state index in [1.54, 1.807) is 23.7 Å². The van der Waals surface area contributed by atoms with Crippen LogP contribution in [0.15, 0.2) is 48.8 Å². The van der Waals surface area contributed by atoms with E-state index in [-0.39, 0.29) is 11.9 Å². The molecule has 1 aliphatic heterocycles. The minimum atomic E-state index is 0.0606. The number of benzene rings is 1. The fraction of sp³-hybridized carbons (Fsp3) is 0.318. The largest absolute Gasteiger partial charge is 0.363 e. The van der Waals surface area contributed by atoms with Crippen LogP contribution in [0.5, 0.6) is 0 Å². The Morgan fingerprint density at radius 1 is 1.31 bits per heavy atom. The first kappa shape index (κ1) is 19.5. The lowest BCUT2D eigenvalue weighted by Crippen LogP contribution is -2.34. The molecule has 4 rings (SSSR count). The van der Waals surface area contributed by atoms with Crippen LogP contribution >= 0.6 is 11.3 Å². The van der Waals surface area contributed by atoms with E-state index in [1.165, 1.54) is 16.0 Å². The first-order valence-electron chi connectivity index (χ1n) is 9.84. The average molecular weight is 408 g/mol. The van der Waals surface area contributed by atoms with Crippen molar-refractivity contribution >= 4 is 33.3 Å². The molecule has 7 heteroatoms. The van der Waals surface area contributed by atoms with Gasteiger partial charge in [-0.3, -0.25) is 4.79 Å². The van der Waals surface area contributed by atoms with Crippen molar-refractivity contribution in [3.63, 3.8) is 0 Å². The summed E-state index contributed by atoms with van der Waals surface area (Å²) in [5, 5.41) is 7.68. The first-order valence-corrected chi connectivity index (χ1v) is 10.7. The zero-order valence-corrected chi connectivity index (χ0v) is 17.5. The Morgan fingerprint density at radius 3 is 2.93 bits per heavy atom. The highest BCUT2D eigenvalue weighted by molar-refractivity contribution is 7.19. The van der Waals surface area contributed by atoms with Gasteiger partial charge in [0, 0.05) is 30.1 Å². The molecule has 0 aliphatic carbocycles. The van der Waals surface area contributed by atoms with Gasteiger partial charge in [-0.1, -0.05) is 36.4 Å². The van der Waals surface area contributed by atoms with E-state index in [9.17, 15) is 4.79 Å². The van der Waals surface area contributed by atoms with Gasteiger partial charge in [-0.05, 0) is 31.5 Å². The molecule has 2 aromatic heterocycles. The molecule has 0 fully saturated rings. The van der Waals surface area contributed by atoms with Crippen molar-refractivity contribution in [3.8, 4) is 0 Å². The number of aromatic nitrogens is 2. The van der Waals surface area contributed by atoms with Gasteiger partial charge in [-0.25, -0.2) is 9.97 Å². The molecule has 0 saturated heterocycles. The number of amides is 1. The third kappa shape index (κ3) is 4.16. The number of carbonyl (C=O) groups excluding carboxylic acids is 1. The summed E-state index contributed by atoms with van der Waals surface area (Å²) < 4.78 is 0. The summed E-state index contributed by atoms with van der Waals surface area (Å²) in [6.07, 6.45) is 5.96. The van der Waals surface area contributed by atoms with Crippen molar-refractivity contribution in [2.75, 3.05) is 25.5 Å². The van der Waals surface area contributed by atoms with E-state index in [1.807, 2.05) is 36.2 Å². The van der Waals surface area contributed by atoms with Gasteiger partial charge in [0.2, 0.25) is 5.91 Å². The molecule has 1 aliphatic rings. The van der Waals surface area contributed by atoms with Crippen molar-refractivity contribution in [3.05, 3.63) is 64.8 Å². The van der Waals surface area contributed by atoms with Crippen LogP contribution in [0.3, 0.4) is 0 Å². The molecule has 3 heterocycles. The number of hydrogen-bond donors (Lipinski definition) is 2. The smallest absolute Gasteiger partial charge is 0.246 e. The first-order chi connectivity index (χ1) is 14.2. The van der Waals surface area contributed by atoms with Crippen molar-refractivity contribution in [2.24, 2.45) is 0 Å². The van der Waals surface area contributed by atoms with E-state index >= 15 is 0 Å². The number of carbonyl (C=O) groups is 1. The number of anilines is 1. The van der Waals surface area contributed by atoms with E-state index in [2.05, 4.69) is 39.7 Å². The predicted octanol–water partition coefficient (Wildman–Crippen LogP) is 3.52. The lowest BCUT2D eigenvalue weighted by molar-refractivity contribution is -0.126. The topological polar surface area (TPSA) is 70.2 Å². The molecule has 0 bridgehead atoms. The molecule has 0 radical (unpaired) electrons. The Balaban J connectivity index is 1.59. The highest BCUT2D eigenvalue weighted by Crippen LogP contribution is 2.38. The molecule has 1 aromatic carbocycles. The van der Waals surface area contributed by atoms with Gasteiger partial charge in [-0.2, -0.15) is 0 Å². The van der Waals surface area contributed by atoms with Gasteiger partial charge in [0.25, 0.3) is 0 Å². The second-order valence-corrected chi connectivity index (χ2v) is 8.24. The van der Waals surface area contributed by atoms with Crippen LogP contribution < -0.4 is 10.6 Å². The molecule has 3 aromatic rings. The van der Waals surface area contributed by atoms with E-state index in [0.717, 1.165) is 22.5 Å². The summed E-state index contributed by atoms with van der Waals surface area (Å²) in [4.78, 5) is 25.6. The molecule has 2 N–H and O–H groups in total. The molecular formula is C22H25N5OS. The summed E-state index contributed by atoms with van der Waals surface area (Å²) >= 11 is 1.66. The van der Waals surface area contributed by atoms with E-state index in [4.69, 9.17) is 0 Å². The Kier molecular flexibility index (Phi) is 5.87. The molecule has 0 unspecified atom stereocenters. The van der Waals surface area contributed by atoms with Crippen LogP contribution in [-0.4, -0.2) is 40.9 Å². The average Bonchev–Trinajstić information content (AvgIpc) is 3.13. The van der Waals surface area contributed by atoms with Crippen molar-refractivity contribution in [1.29, 1.82) is 0 Å². The molecular weight excluding hydrogens is 382 g/mol. The number of nitrogens with one attached hydrogen (secondary N) is 2. The minimum absolute atomic E-state index is 0.0606. The quantitative estimate of drug-likeness (QED) is 0.612. The van der Waals surface area contributed by atoms with Crippen molar-refractivity contribution in [2.45, 2.75) is 25.9 Å². The van der Waals surface area contributed by atoms with Crippen LogP contribution in [0.1, 0.15) is 29.0 Å². The number of thiophene rings is 1. The Bertz CT molecular complexity index is 1030.